The van der Waals surface area contributed by atoms with E-state index in [1.807, 2.05) is 6.92 Å². The van der Waals surface area contributed by atoms with Crippen molar-refractivity contribution >= 4 is 27.6 Å². The summed E-state index contributed by atoms with van der Waals surface area (Å²) in [5.41, 5.74) is 1.72. The highest BCUT2D eigenvalue weighted by Crippen LogP contribution is 2.29. The summed E-state index contributed by atoms with van der Waals surface area (Å²) in [6, 6.07) is 3.89. The number of carbonyl (C=O) groups excluding carboxylic acids is 1. The Hall–Kier alpha value is -2.09. The van der Waals surface area contributed by atoms with Gasteiger partial charge in [0.15, 0.2) is 0 Å². The number of anilines is 1. The minimum Gasteiger partial charge on any atom is -0.480 e. The predicted octanol–water partition coefficient (Wildman–Crippen LogP) is 1.77. The number of benzene rings is 1. The van der Waals surface area contributed by atoms with Crippen LogP contribution in [0.25, 0.3) is 0 Å². The van der Waals surface area contributed by atoms with Gasteiger partial charge < -0.3 is 10.4 Å². The van der Waals surface area contributed by atoms with Gasteiger partial charge in [-0.2, -0.15) is 0 Å². The Morgan fingerprint density at radius 2 is 2.08 bits per heavy atom. The number of nitrogens with one attached hydrogen (secondary N) is 1. The van der Waals surface area contributed by atoms with Crippen LogP contribution in [0.15, 0.2) is 18.2 Å². The molecule has 0 radical (unpaired) electrons. The Balaban J connectivity index is 2.21. The van der Waals surface area contributed by atoms with Gasteiger partial charge in [0, 0.05) is 12.1 Å². The second-order valence-corrected chi connectivity index (χ2v) is 8.20. The number of hydrogen-bond acceptors (Lipinski definition) is 4. The summed E-state index contributed by atoms with van der Waals surface area (Å²) in [6.45, 7) is 2.38. The number of aryl methyl sites for hydroxylation is 1. The summed E-state index contributed by atoms with van der Waals surface area (Å²) in [5, 5.41) is 11.8. The highest BCUT2D eigenvalue weighted by atomic mass is 32.2. The van der Waals surface area contributed by atoms with Gasteiger partial charge in [0.25, 0.3) is 5.91 Å². The van der Waals surface area contributed by atoms with E-state index in [4.69, 9.17) is 0 Å². The maximum atomic E-state index is 12.4. The SMILES string of the molecule is CCCCC(NC(=O)c1ccc2c(c1)CCCN2S(C)(=O)=O)C(=O)O. The molecule has 8 heteroatoms. The van der Waals surface area contributed by atoms with Gasteiger partial charge in [-0.25, -0.2) is 13.2 Å². The van der Waals surface area contributed by atoms with Crippen LogP contribution in [0.3, 0.4) is 0 Å². The van der Waals surface area contributed by atoms with E-state index in [0.29, 0.717) is 43.5 Å². The van der Waals surface area contributed by atoms with Crippen molar-refractivity contribution < 1.29 is 23.1 Å². The van der Waals surface area contributed by atoms with Gasteiger partial charge in [-0.3, -0.25) is 9.10 Å². The summed E-state index contributed by atoms with van der Waals surface area (Å²) in [6.07, 6.45) is 4.46. The molecule has 138 valence electrons. The third-order valence-electron chi connectivity index (χ3n) is 4.27. The molecule has 1 heterocycles. The standard InChI is InChI=1S/C17H24N2O5S/c1-3-4-7-14(17(21)22)18-16(20)13-8-9-15-12(11-13)6-5-10-19(15)25(2,23)24/h8-9,11,14H,3-7,10H2,1-2H3,(H,18,20)(H,21,22). The first-order valence-electron chi connectivity index (χ1n) is 8.38. The van der Waals surface area contributed by atoms with E-state index in [1.165, 1.54) is 10.4 Å². The molecule has 1 unspecified atom stereocenters. The minimum atomic E-state index is -3.36. The largest absolute Gasteiger partial charge is 0.480 e. The van der Waals surface area contributed by atoms with Crippen LogP contribution in [0.4, 0.5) is 5.69 Å². The Kier molecular flexibility index (Phi) is 6.05. The molecule has 0 spiro atoms. The molecule has 0 fully saturated rings. The molecule has 0 bridgehead atoms. The van der Waals surface area contributed by atoms with Crippen molar-refractivity contribution in [3.8, 4) is 0 Å². The van der Waals surface area contributed by atoms with E-state index in [2.05, 4.69) is 5.32 Å². The van der Waals surface area contributed by atoms with Gasteiger partial charge in [-0.1, -0.05) is 19.8 Å². The molecule has 1 aliphatic heterocycles. The third kappa shape index (κ3) is 4.72. The summed E-state index contributed by atoms with van der Waals surface area (Å²) in [4.78, 5) is 23.7. The number of sulfonamides is 1. The number of carbonyl (C=O) groups is 2. The lowest BCUT2D eigenvalue weighted by atomic mass is 10.00. The van der Waals surface area contributed by atoms with E-state index in [1.54, 1.807) is 12.1 Å². The van der Waals surface area contributed by atoms with E-state index in [0.717, 1.165) is 18.2 Å². The lowest BCUT2D eigenvalue weighted by Crippen LogP contribution is -2.41. The number of carboxylic acids is 1. The number of carboxylic acid groups (broad SMARTS) is 1. The zero-order valence-electron chi connectivity index (χ0n) is 14.5. The van der Waals surface area contributed by atoms with Crippen molar-refractivity contribution in [2.75, 3.05) is 17.1 Å². The minimum absolute atomic E-state index is 0.344. The molecule has 0 saturated heterocycles. The molecule has 25 heavy (non-hydrogen) atoms. The van der Waals surface area contributed by atoms with Gasteiger partial charge in [0.1, 0.15) is 6.04 Å². The molecule has 1 aliphatic rings. The number of aliphatic carboxylic acids is 1. The van der Waals surface area contributed by atoms with Crippen LogP contribution < -0.4 is 9.62 Å². The van der Waals surface area contributed by atoms with Crippen LogP contribution in [0, 0.1) is 0 Å². The molecular weight excluding hydrogens is 344 g/mol. The summed E-state index contributed by atoms with van der Waals surface area (Å²) >= 11 is 0. The maximum Gasteiger partial charge on any atom is 0.326 e. The first-order valence-corrected chi connectivity index (χ1v) is 10.2. The second kappa shape index (κ2) is 7.86. The summed E-state index contributed by atoms with van der Waals surface area (Å²) in [7, 11) is -3.36. The molecule has 1 aromatic rings. The number of fused-ring (bicyclic) bond motifs is 1. The predicted molar refractivity (Wildman–Crippen MR) is 95.4 cm³/mol. The van der Waals surface area contributed by atoms with Crippen LogP contribution in [0.1, 0.15) is 48.5 Å². The summed E-state index contributed by atoms with van der Waals surface area (Å²) in [5.74, 6) is -1.51. The number of amides is 1. The lowest BCUT2D eigenvalue weighted by molar-refractivity contribution is -0.139. The Morgan fingerprint density at radius 3 is 2.68 bits per heavy atom. The van der Waals surface area contributed by atoms with Gasteiger partial charge in [0.05, 0.1) is 11.9 Å². The molecule has 7 nitrogen and oxygen atoms in total. The van der Waals surface area contributed by atoms with Gasteiger partial charge in [0.2, 0.25) is 10.0 Å². The van der Waals surface area contributed by atoms with E-state index in [-0.39, 0.29) is 0 Å². The highest BCUT2D eigenvalue weighted by Gasteiger charge is 2.25. The van der Waals surface area contributed by atoms with E-state index in [9.17, 15) is 23.1 Å². The number of hydrogen-bond donors (Lipinski definition) is 2. The van der Waals surface area contributed by atoms with Gasteiger partial charge in [-0.15, -0.1) is 0 Å². The van der Waals surface area contributed by atoms with E-state index >= 15 is 0 Å². The Bertz CT molecular complexity index is 760. The Morgan fingerprint density at radius 1 is 1.36 bits per heavy atom. The molecule has 2 N–H and O–H groups in total. The average Bonchev–Trinajstić information content (AvgIpc) is 2.56. The van der Waals surface area contributed by atoms with Crippen molar-refractivity contribution in [3.05, 3.63) is 29.3 Å². The van der Waals surface area contributed by atoms with Crippen molar-refractivity contribution in [3.63, 3.8) is 0 Å². The molecule has 1 atom stereocenters. The van der Waals surface area contributed by atoms with Crippen molar-refractivity contribution in [2.24, 2.45) is 0 Å². The zero-order chi connectivity index (χ0) is 18.6. The first-order chi connectivity index (χ1) is 11.7. The lowest BCUT2D eigenvalue weighted by Gasteiger charge is -2.29. The summed E-state index contributed by atoms with van der Waals surface area (Å²) < 4.78 is 25.1. The molecule has 2 rings (SSSR count). The van der Waals surface area contributed by atoms with Crippen molar-refractivity contribution in [1.29, 1.82) is 0 Å². The van der Waals surface area contributed by atoms with E-state index < -0.39 is 27.9 Å². The topological polar surface area (TPSA) is 104 Å². The fourth-order valence-electron chi connectivity index (χ4n) is 2.96. The molecule has 0 saturated carbocycles. The molecule has 1 aromatic carbocycles. The van der Waals surface area contributed by atoms with Crippen LogP contribution >= 0.6 is 0 Å². The van der Waals surface area contributed by atoms with Crippen molar-refractivity contribution in [1.82, 2.24) is 5.32 Å². The van der Waals surface area contributed by atoms with Crippen LogP contribution in [0.5, 0.6) is 0 Å². The third-order valence-corrected chi connectivity index (χ3v) is 5.45. The number of unbranched alkanes of at least 4 members (excludes halogenated alkanes) is 1. The second-order valence-electron chi connectivity index (χ2n) is 6.29. The van der Waals surface area contributed by atoms with Crippen LogP contribution in [-0.4, -0.2) is 44.2 Å². The van der Waals surface area contributed by atoms with Crippen molar-refractivity contribution in [2.45, 2.75) is 45.1 Å². The fourth-order valence-corrected chi connectivity index (χ4v) is 3.95. The molecular formula is C17H24N2O5S. The number of rotatable bonds is 7. The smallest absolute Gasteiger partial charge is 0.326 e. The Labute approximate surface area is 148 Å². The maximum absolute atomic E-state index is 12.4. The molecule has 1 amide bonds. The quantitative estimate of drug-likeness (QED) is 0.763. The zero-order valence-corrected chi connectivity index (χ0v) is 15.3. The van der Waals surface area contributed by atoms with Gasteiger partial charge in [-0.05, 0) is 43.0 Å². The first kappa shape index (κ1) is 19.2. The normalized spacial score (nSPS) is 15.4. The number of nitrogens with zero attached hydrogens (tertiary/aromatic N) is 1. The van der Waals surface area contributed by atoms with Gasteiger partial charge >= 0.3 is 5.97 Å². The highest BCUT2D eigenvalue weighted by molar-refractivity contribution is 7.92. The van der Waals surface area contributed by atoms with Crippen LogP contribution in [-0.2, 0) is 21.2 Å². The average molecular weight is 368 g/mol. The fraction of sp³-hybridized carbons (Fsp3) is 0.529. The van der Waals surface area contributed by atoms with Crippen LogP contribution in [0.2, 0.25) is 0 Å². The molecule has 0 aromatic heterocycles. The molecule has 0 aliphatic carbocycles. The monoisotopic (exact) mass is 368 g/mol.